The molecule has 18 heavy (non-hydrogen) atoms. The normalized spacial score (nSPS) is 12.4. The van der Waals surface area contributed by atoms with Gasteiger partial charge in [-0.2, -0.15) is 0 Å². The summed E-state index contributed by atoms with van der Waals surface area (Å²) in [4.78, 5) is 4.32. The third-order valence-corrected chi connectivity index (χ3v) is 3.04. The number of rotatable bonds is 3. The predicted octanol–water partition coefficient (Wildman–Crippen LogP) is 3.28. The first-order valence-corrected chi connectivity index (χ1v) is 6.23. The van der Waals surface area contributed by atoms with Gasteiger partial charge in [0, 0.05) is 17.8 Å². The smallest absolute Gasteiger partial charge is 0.0831 e. The number of hydrogen-bond acceptors (Lipinski definition) is 2. The van der Waals surface area contributed by atoms with Gasteiger partial charge in [0.15, 0.2) is 0 Å². The van der Waals surface area contributed by atoms with Crippen molar-refractivity contribution in [2.75, 3.05) is 0 Å². The van der Waals surface area contributed by atoms with Crippen LogP contribution in [0, 0.1) is 20.8 Å². The number of aliphatic hydroxyl groups is 1. The van der Waals surface area contributed by atoms with Crippen molar-refractivity contribution in [3.8, 4) is 0 Å². The molecule has 1 unspecified atom stereocenters. The Hall–Kier alpha value is -1.67. The lowest BCUT2D eigenvalue weighted by Gasteiger charge is -2.12. The maximum Gasteiger partial charge on any atom is 0.0831 e. The second-order valence-electron chi connectivity index (χ2n) is 4.89. The molecule has 0 spiro atoms. The van der Waals surface area contributed by atoms with Crippen LogP contribution in [0.25, 0.3) is 0 Å². The first-order valence-electron chi connectivity index (χ1n) is 6.23. The van der Waals surface area contributed by atoms with E-state index in [1.54, 1.807) is 0 Å². The van der Waals surface area contributed by atoms with Gasteiger partial charge in [0.25, 0.3) is 0 Å². The average molecular weight is 241 g/mol. The van der Waals surface area contributed by atoms with Crippen molar-refractivity contribution in [2.24, 2.45) is 0 Å². The minimum Gasteiger partial charge on any atom is -0.388 e. The second-order valence-corrected chi connectivity index (χ2v) is 4.89. The van der Waals surface area contributed by atoms with Crippen LogP contribution in [-0.2, 0) is 6.42 Å². The lowest BCUT2D eigenvalue weighted by atomic mass is 10.0. The summed E-state index contributed by atoms with van der Waals surface area (Å²) >= 11 is 0. The van der Waals surface area contributed by atoms with E-state index in [1.165, 1.54) is 5.56 Å². The molecule has 2 aromatic rings. The molecule has 1 N–H and O–H groups in total. The minimum absolute atomic E-state index is 0.465. The van der Waals surface area contributed by atoms with Crippen molar-refractivity contribution in [1.29, 1.82) is 0 Å². The van der Waals surface area contributed by atoms with E-state index < -0.39 is 6.10 Å². The van der Waals surface area contributed by atoms with Gasteiger partial charge in [-0.05, 0) is 44.0 Å². The zero-order valence-electron chi connectivity index (χ0n) is 11.1. The highest BCUT2D eigenvalue weighted by Crippen LogP contribution is 2.19. The van der Waals surface area contributed by atoms with Crippen molar-refractivity contribution >= 4 is 0 Å². The molecule has 0 saturated carbocycles. The number of aliphatic hydroxyl groups excluding tert-OH is 1. The lowest BCUT2D eigenvalue weighted by molar-refractivity contribution is 0.178. The maximum absolute atomic E-state index is 10.3. The fraction of sp³-hybridized carbons (Fsp3) is 0.312. The van der Waals surface area contributed by atoms with E-state index >= 15 is 0 Å². The molecule has 0 aliphatic heterocycles. The number of aromatic nitrogens is 1. The highest BCUT2D eigenvalue weighted by molar-refractivity contribution is 5.26. The molecule has 2 heteroatoms. The summed E-state index contributed by atoms with van der Waals surface area (Å²) in [6.07, 6.45) is 0.177. The minimum atomic E-state index is -0.465. The number of aryl methyl sites for hydroxylation is 3. The molecular weight excluding hydrogens is 222 g/mol. The van der Waals surface area contributed by atoms with E-state index in [-0.39, 0.29) is 0 Å². The van der Waals surface area contributed by atoms with Crippen LogP contribution in [0.2, 0.25) is 0 Å². The highest BCUT2D eigenvalue weighted by atomic mass is 16.3. The Labute approximate surface area is 108 Å². The Bertz CT molecular complexity index is 511. The number of benzene rings is 1. The molecule has 1 aromatic carbocycles. The van der Waals surface area contributed by atoms with Gasteiger partial charge in [0.1, 0.15) is 0 Å². The molecule has 2 rings (SSSR count). The van der Waals surface area contributed by atoms with Gasteiger partial charge in [0.05, 0.1) is 6.10 Å². The topological polar surface area (TPSA) is 33.1 Å². The zero-order chi connectivity index (χ0) is 13.1. The Morgan fingerprint density at radius 2 is 1.56 bits per heavy atom. The summed E-state index contributed by atoms with van der Waals surface area (Å²) in [5, 5.41) is 10.3. The molecule has 0 saturated heterocycles. The second kappa shape index (κ2) is 5.32. The van der Waals surface area contributed by atoms with Crippen LogP contribution in [0.3, 0.4) is 0 Å². The van der Waals surface area contributed by atoms with E-state index in [4.69, 9.17) is 0 Å². The third kappa shape index (κ3) is 3.17. The molecule has 2 nitrogen and oxygen atoms in total. The monoisotopic (exact) mass is 241 g/mol. The van der Waals surface area contributed by atoms with Crippen molar-refractivity contribution in [1.82, 2.24) is 4.98 Å². The molecule has 0 fully saturated rings. The van der Waals surface area contributed by atoms with Gasteiger partial charge < -0.3 is 5.11 Å². The summed E-state index contributed by atoms with van der Waals surface area (Å²) in [6, 6.07) is 12.2. The Morgan fingerprint density at radius 3 is 2.11 bits per heavy atom. The molecule has 1 aromatic heterocycles. The third-order valence-electron chi connectivity index (χ3n) is 3.04. The van der Waals surface area contributed by atoms with E-state index in [0.29, 0.717) is 6.42 Å². The van der Waals surface area contributed by atoms with Crippen molar-refractivity contribution < 1.29 is 5.11 Å². The van der Waals surface area contributed by atoms with Crippen LogP contribution in [0.5, 0.6) is 0 Å². The van der Waals surface area contributed by atoms with E-state index in [2.05, 4.69) is 36.2 Å². The van der Waals surface area contributed by atoms with Gasteiger partial charge in [-0.1, -0.05) is 29.8 Å². The van der Waals surface area contributed by atoms with Crippen molar-refractivity contribution in [2.45, 2.75) is 33.3 Å². The quantitative estimate of drug-likeness (QED) is 0.894. The van der Waals surface area contributed by atoms with Crippen molar-refractivity contribution in [3.63, 3.8) is 0 Å². The summed E-state index contributed by atoms with van der Waals surface area (Å²) < 4.78 is 0. The summed E-state index contributed by atoms with van der Waals surface area (Å²) in [5.74, 6) is 0. The van der Waals surface area contributed by atoms with E-state index in [1.807, 2.05) is 26.0 Å². The molecule has 1 heterocycles. The van der Waals surface area contributed by atoms with Gasteiger partial charge >= 0.3 is 0 Å². The average Bonchev–Trinajstić information content (AvgIpc) is 2.31. The van der Waals surface area contributed by atoms with Gasteiger partial charge in [-0.25, -0.2) is 0 Å². The van der Waals surface area contributed by atoms with Crippen LogP contribution in [-0.4, -0.2) is 10.1 Å². The fourth-order valence-corrected chi connectivity index (χ4v) is 2.12. The summed E-state index contributed by atoms with van der Waals surface area (Å²) in [6.45, 7) is 5.97. The number of nitrogens with zero attached hydrogens (tertiary/aromatic N) is 1. The van der Waals surface area contributed by atoms with Crippen LogP contribution in [0.15, 0.2) is 36.4 Å². The Balaban J connectivity index is 2.16. The first kappa shape index (κ1) is 12.8. The summed E-state index contributed by atoms with van der Waals surface area (Å²) in [5.41, 5.74) is 5.24. The van der Waals surface area contributed by atoms with E-state index in [9.17, 15) is 5.11 Å². The van der Waals surface area contributed by atoms with Crippen molar-refractivity contribution in [3.05, 3.63) is 64.5 Å². The van der Waals surface area contributed by atoms with Gasteiger partial charge in [-0.15, -0.1) is 0 Å². The molecule has 0 aliphatic carbocycles. The summed E-state index contributed by atoms with van der Waals surface area (Å²) in [7, 11) is 0. The van der Waals surface area contributed by atoms with Crippen LogP contribution < -0.4 is 0 Å². The van der Waals surface area contributed by atoms with E-state index in [0.717, 1.165) is 22.5 Å². The fourth-order valence-electron chi connectivity index (χ4n) is 2.12. The largest absolute Gasteiger partial charge is 0.388 e. The first-order chi connectivity index (χ1) is 8.54. The molecule has 94 valence electrons. The molecule has 0 amide bonds. The molecule has 0 radical (unpaired) electrons. The van der Waals surface area contributed by atoms with Crippen LogP contribution >= 0.6 is 0 Å². The molecule has 0 aliphatic rings. The highest BCUT2D eigenvalue weighted by Gasteiger charge is 2.09. The van der Waals surface area contributed by atoms with Gasteiger partial charge in [-0.3, -0.25) is 4.98 Å². The predicted molar refractivity (Wildman–Crippen MR) is 73.6 cm³/mol. The Morgan fingerprint density at radius 1 is 1.00 bits per heavy atom. The molecule has 0 bridgehead atoms. The SMILES string of the molecule is Cc1ccc(CC(O)c2cc(C)nc(C)c2)cc1. The van der Waals surface area contributed by atoms with Crippen LogP contribution in [0.1, 0.15) is 34.2 Å². The van der Waals surface area contributed by atoms with Crippen LogP contribution in [0.4, 0.5) is 0 Å². The Kier molecular flexibility index (Phi) is 3.78. The molecule has 1 atom stereocenters. The number of pyridine rings is 1. The lowest BCUT2D eigenvalue weighted by Crippen LogP contribution is -2.03. The zero-order valence-corrected chi connectivity index (χ0v) is 11.1. The number of hydrogen-bond donors (Lipinski definition) is 1. The molecular formula is C16H19NO. The van der Waals surface area contributed by atoms with Gasteiger partial charge in [0.2, 0.25) is 0 Å². The standard InChI is InChI=1S/C16H19NO/c1-11-4-6-14(7-5-11)10-16(18)15-8-12(2)17-13(3)9-15/h4-9,16,18H,10H2,1-3H3. The maximum atomic E-state index is 10.3.